The Morgan fingerprint density at radius 2 is 1.79 bits per heavy atom. The summed E-state index contributed by atoms with van der Waals surface area (Å²) in [7, 11) is 0. The summed E-state index contributed by atoms with van der Waals surface area (Å²) in [5, 5.41) is 2.92. The molecule has 2 heterocycles. The van der Waals surface area contributed by atoms with Gasteiger partial charge in [0.1, 0.15) is 11.4 Å². The molecule has 1 spiro atoms. The molecule has 174 valence electrons. The minimum atomic E-state index is -0.479. The molecule has 4 rings (SSSR count). The highest BCUT2D eigenvalue weighted by Crippen LogP contribution is 2.39. The van der Waals surface area contributed by atoms with Crippen molar-refractivity contribution < 1.29 is 19.1 Å². The number of rotatable bonds is 7. The average Bonchev–Trinajstić information content (AvgIpc) is 2.82. The third kappa shape index (κ3) is 5.62. The van der Waals surface area contributed by atoms with Crippen LogP contribution in [0.5, 0.6) is 5.75 Å². The van der Waals surface area contributed by atoms with Crippen molar-refractivity contribution >= 4 is 17.6 Å². The summed E-state index contributed by atoms with van der Waals surface area (Å²) in [6.45, 7) is 3.84. The van der Waals surface area contributed by atoms with Crippen molar-refractivity contribution in [3.63, 3.8) is 0 Å². The number of aryl methyl sites for hydroxylation is 1. The predicted molar refractivity (Wildman–Crippen MR) is 127 cm³/mol. The Balaban J connectivity index is 1.15. The lowest BCUT2D eigenvalue weighted by Gasteiger charge is -2.44. The number of ketones is 1. The number of ether oxygens (including phenoxy) is 1. The number of Topliss-reactive ketones (excluding diaryl/α,β-unsaturated/α-hetero) is 1. The number of carbonyl (C=O) groups is 3. The molecule has 0 saturated carbocycles. The maximum Gasteiger partial charge on any atom is 0.251 e. The number of unbranched alkanes of at least 4 members (excludes halogenated alkanes) is 2. The first kappa shape index (κ1) is 23.0. The SMILES string of the molecule is Cc1ccc2c(c1)C(=O)CC1(CCN(C(=O)CCCCCNC(=O)c3ccccc3)CC1)O2. The molecular formula is C27H32N2O4. The summed E-state index contributed by atoms with van der Waals surface area (Å²) in [6.07, 6.45) is 4.83. The summed E-state index contributed by atoms with van der Waals surface area (Å²) < 4.78 is 6.30. The second-order valence-corrected chi connectivity index (χ2v) is 9.20. The molecule has 2 aromatic rings. The molecule has 2 aliphatic heterocycles. The Kier molecular flexibility index (Phi) is 7.11. The van der Waals surface area contributed by atoms with Crippen LogP contribution in [0.2, 0.25) is 0 Å². The number of nitrogens with zero attached hydrogens (tertiary/aromatic N) is 1. The van der Waals surface area contributed by atoms with Crippen molar-refractivity contribution in [1.82, 2.24) is 10.2 Å². The highest BCUT2D eigenvalue weighted by molar-refractivity contribution is 6.00. The third-order valence-electron chi connectivity index (χ3n) is 6.66. The van der Waals surface area contributed by atoms with E-state index in [2.05, 4.69) is 5.32 Å². The maximum atomic E-state index is 12.7. The van der Waals surface area contributed by atoms with Gasteiger partial charge in [-0.05, 0) is 44.0 Å². The molecule has 2 aliphatic rings. The van der Waals surface area contributed by atoms with E-state index in [9.17, 15) is 14.4 Å². The lowest BCUT2D eigenvalue weighted by molar-refractivity contribution is -0.134. The molecule has 2 amide bonds. The lowest BCUT2D eigenvalue weighted by Crippen LogP contribution is -2.52. The van der Waals surface area contributed by atoms with Crippen LogP contribution in [0.3, 0.4) is 0 Å². The molecule has 2 aromatic carbocycles. The quantitative estimate of drug-likeness (QED) is 0.641. The van der Waals surface area contributed by atoms with Crippen molar-refractivity contribution in [2.45, 2.75) is 57.5 Å². The second-order valence-electron chi connectivity index (χ2n) is 9.20. The summed E-state index contributed by atoms with van der Waals surface area (Å²) in [4.78, 5) is 39.3. The van der Waals surface area contributed by atoms with Gasteiger partial charge < -0.3 is 15.0 Å². The smallest absolute Gasteiger partial charge is 0.251 e. The average molecular weight is 449 g/mol. The molecule has 0 aliphatic carbocycles. The highest BCUT2D eigenvalue weighted by Gasteiger charge is 2.43. The van der Waals surface area contributed by atoms with E-state index in [0.29, 0.717) is 62.2 Å². The first-order valence-corrected chi connectivity index (χ1v) is 11.9. The number of carbonyl (C=O) groups excluding carboxylic acids is 3. The molecule has 1 fully saturated rings. The van der Waals surface area contributed by atoms with Crippen molar-refractivity contribution in [3.05, 3.63) is 65.2 Å². The van der Waals surface area contributed by atoms with Crippen LogP contribution in [0.4, 0.5) is 0 Å². The van der Waals surface area contributed by atoms with Crippen molar-refractivity contribution in [2.24, 2.45) is 0 Å². The number of benzene rings is 2. The molecule has 1 saturated heterocycles. The summed E-state index contributed by atoms with van der Waals surface area (Å²) >= 11 is 0. The van der Waals surface area contributed by atoms with Gasteiger partial charge in [-0.2, -0.15) is 0 Å². The van der Waals surface area contributed by atoms with E-state index >= 15 is 0 Å². The fourth-order valence-corrected chi connectivity index (χ4v) is 4.68. The Hall–Kier alpha value is -3.15. The zero-order chi connectivity index (χ0) is 23.3. The van der Waals surface area contributed by atoms with Crippen molar-refractivity contribution in [2.75, 3.05) is 19.6 Å². The predicted octanol–water partition coefficient (Wildman–Crippen LogP) is 4.31. The van der Waals surface area contributed by atoms with E-state index in [4.69, 9.17) is 4.74 Å². The number of nitrogens with one attached hydrogen (secondary N) is 1. The second kappa shape index (κ2) is 10.2. The van der Waals surface area contributed by atoms with Crippen molar-refractivity contribution in [1.29, 1.82) is 0 Å². The Labute approximate surface area is 195 Å². The molecule has 6 nitrogen and oxygen atoms in total. The minimum Gasteiger partial charge on any atom is -0.486 e. The van der Waals surface area contributed by atoms with Crippen LogP contribution in [0.25, 0.3) is 0 Å². The van der Waals surface area contributed by atoms with Gasteiger partial charge >= 0.3 is 0 Å². The molecular weight excluding hydrogens is 416 g/mol. The van der Waals surface area contributed by atoms with E-state index in [1.807, 2.05) is 48.2 Å². The highest BCUT2D eigenvalue weighted by atomic mass is 16.5. The number of hydrogen-bond acceptors (Lipinski definition) is 4. The van der Waals surface area contributed by atoms with Gasteiger partial charge in [0.25, 0.3) is 5.91 Å². The number of fused-ring (bicyclic) bond motifs is 1. The number of piperidine rings is 1. The van der Waals surface area contributed by atoms with Gasteiger partial charge in [0.05, 0.1) is 12.0 Å². The minimum absolute atomic E-state index is 0.0601. The Morgan fingerprint density at radius 1 is 1.03 bits per heavy atom. The lowest BCUT2D eigenvalue weighted by atomic mass is 9.82. The van der Waals surface area contributed by atoms with Crippen LogP contribution in [-0.2, 0) is 4.79 Å². The van der Waals surface area contributed by atoms with Gasteiger partial charge in [-0.15, -0.1) is 0 Å². The molecule has 0 unspecified atom stereocenters. The van der Waals surface area contributed by atoms with Crippen LogP contribution < -0.4 is 10.1 Å². The van der Waals surface area contributed by atoms with Gasteiger partial charge in [-0.1, -0.05) is 36.2 Å². The summed E-state index contributed by atoms with van der Waals surface area (Å²) in [5.74, 6) is 0.918. The first-order chi connectivity index (χ1) is 16.0. The van der Waals surface area contributed by atoms with Crippen LogP contribution in [-0.4, -0.2) is 47.7 Å². The van der Waals surface area contributed by atoms with E-state index in [0.717, 1.165) is 24.8 Å². The standard InChI is InChI=1S/C27H32N2O4/c1-20-11-12-24-22(18-20)23(30)19-27(33-24)13-16-29(17-14-27)25(31)10-6-3-7-15-28-26(32)21-8-4-2-5-9-21/h2,4-5,8-9,11-12,18H,3,6-7,10,13-17,19H2,1H3,(H,28,32). The Bertz CT molecular complexity index is 1010. The molecule has 1 N–H and O–H groups in total. The number of amides is 2. The molecule has 0 aromatic heterocycles. The zero-order valence-corrected chi connectivity index (χ0v) is 19.3. The summed E-state index contributed by atoms with van der Waals surface area (Å²) in [6, 6.07) is 14.9. The topological polar surface area (TPSA) is 75.7 Å². The monoisotopic (exact) mass is 448 g/mol. The van der Waals surface area contributed by atoms with Gasteiger partial charge in [-0.3, -0.25) is 14.4 Å². The van der Waals surface area contributed by atoms with Gasteiger partial charge in [-0.25, -0.2) is 0 Å². The van der Waals surface area contributed by atoms with Crippen LogP contribution in [0.1, 0.15) is 71.2 Å². The van der Waals surface area contributed by atoms with Gasteiger partial charge in [0, 0.05) is 44.5 Å². The number of hydrogen-bond donors (Lipinski definition) is 1. The number of likely N-dealkylation sites (tertiary alicyclic amines) is 1. The van der Waals surface area contributed by atoms with Crippen LogP contribution in [0, 0.1) is 6.92 Å². The van der Waals surface area contributed by atoms with Gasteiger partial charge in [0.2, 0.25) is 5.91 Å². The van der Waals surface area contributed by atoms with Gasteiger partial charge in [0.15, 0.2) is 5.78 Å². The van der Waals surface area contributed by atoms with E-state index in [1.165, 1.54) is 0 Å². The largest absolute Gasteiger partial charge is 0.486 e. The maximum absolute atomic E-state index is 12.7. The molecule has 33 heavy (non-hydrogen) atoms. The van der Waals surface area contributed by atoms with E-state index < -0.39 is 5.60 Å². The molecule has 6 heteroatoms. The van der Waals surface area contributed by atoms with Crippen molar-refractivity contribution in [3.8, 4) is 5.75 Å². The fourth-order valence-electron chi connectivity index (χ4n) is 4.68. The molecule has 0 radical (unpaired) electrons. The van der Waals surface area contributed by atoms with Crippen LogP contribution >= 0.6 is 0 Å². The molecule has 0 atom stereocenters. The van der Waals surface area contributed by atoms with E-state index in [1.54, 1.807) is 12.1 Å². The van der Waals surface area contributed by atoms with Crippen LogP contribution in [0.15, 0.2) is 48.5 Å². The van der Waals surface area contributed by atoms with E-state index in [-0.39, 0.29) is 17.6 Å². The normalized spacial score (nSPS) is 16.8. The fraction of sp³-hybridized carbons (Fsp3) is 0.444. The third-order valence-corrected chi connectivity index (χ3v) is 6.66. The summed E-state index contributed by atoms with van der Waals surface area (Å²) in [5.41, 5.74) is 1.92. The zero-order valence-electron chi connectivity index (χ0n) is 19.3. The Morgan fingerprint density at radius 3 is 2.55 bits per heavy atom. The first-order valence-electron chi connectivity index (χ1n) is 11.9. The molecule has 0 bridgehead atoms.